The molecule has 1 aromatic heterocycles. The van der Waals surface area contributed by atoms with Crippen LogP contribution in [0.1, 0.15) is 25.0 Å². The van der Waals surface area contributed by atoms with Gasteiger partial charge in [0.25, 0.3) is 5.91 Å². The van der Waals surface area contributed by atoms with E-state index in [2.05, 4.69) is 21.6 Å². The zero-order valence-electron chi connectivity index (χ0n) is 12.9. The Morgan fingerprint density at radius 3 is 2.74 bits per heavy atom. The highest BCUT2D eigenvalue weighted by atomic mass is 32.2. The molecule has 1 aromatic carbocycles. The normalized spacial score (nSPS) is 11.1. The molecule has 2 aromatic rings. The third kappa shape index (κ3) is 4.91. The van der Waals surface area contributed by atoms with Crippen LogP contribution in [0.4, 0.5) is 5.13 Å². The van der Waals surface area contributed by atoms with Crippen LogP contribution in [0.15, 0.2) is 35.0 Å². The van der Waals surface area contributed by atoms with E-state index in [-0.39, 0.29) is 5.57 Å². The van der Waals surface area contributed by atoms with Crippen molar-refractivity contribution in [2.45, 2.75) is 25.4 Å². The molecule has 0 unspecified atom stereocenters. The van der Waals surface area contributed by atoms with E-state index < -0.39 is 5.91 Å². The number of hydrogen-bond donors (Lipinski definition) is 1. The van der Waals surface area contributed by atoms with Gasteiger partial charge in [0, 0.05) is 11.5 Å². The number of nitrogens with zero attached hydrogens (tertiary/aromatic N) is 3. The Balaban J connectivity index is 2.10. The lowest BCUT2D eigenvalue weighted by molar-refractivity contribution is -0.112. The average molecular weight is 344 g/mol. The first kappa shape index (κ1) is 17.2. The maximum absolute atomic E-state index is 12.2. The van der Waals surface area contributed by atoms with Crippen molar-refractivity contribution in [2.75, 3.05) is 11.1 Å². The Bertz CT molecular complexity index is 744. The molecule has 2 rings (SSSR count). The fourth-order valence-corrected chi connectivity index (χ4v) is 3.04. The van der Waals surface area contributed by atoms with Gasteiger partial charge in [0.05, 0.1) is 0 Å². The van der Waals surface area contributed by atoms with Gasteiger partial charge in [0.15, 0.2) is 0 Å². The smallest absolute Gasteiger partial charge is 0.268 e. The van der Waals surface area contributed by atoms with Crippen molar-refractivity contribution in [3.8, 4) is 6.07 Å². The fraction of sp³-hybridized carbons (Fsp3) is 0.250. The molecule has 0 saturated carbocycles. The van der Waals surface area contributed by atoms with Crippen molar-refractivity contribution >= 4 is 40.4 Å². The first-order valence-electron chi connectivity index (χ1n) is 7.14. The van der Waals surface area contributed by atoms with E-state index in [0.717, 1.165) is 29.3 Å². The van der Waals surface area contributed by atoms with Crippen molar-refractivity contribution in [2.24, 2.45) is 0 Å². The first-order valence-corrected chi connectivity index (χ1v) is 8.90. The van der Waals surface area contributed by atoms with E-state index in [0.29, 0.717) is 10.3 Å². The van der Waals surface area contributed by atoms with E-state index >= 15 is 0 Å². The van der Waals surface area contributed by atoms with Gasteiger partial charge in [-0.2, -0.15) is 14.6 Å². The number of aryl methyl sites for hydroxylation is 1. The maximum atomic E-state index is 12.2. The SMILES string of the molecule is CCSc1nsc(NC(=O)/C(C#N)=C\c2ccc(CC)cc2)n1. The number of thioether (sulfide) groups is 1. The molecule has 1 amide bonds. The van der Waals surface area contributed by atoms with Crippen LogP contribution in [-0.4, -0.2) is 21.0 Å². The second-order valence-electron chi connectivity index (χ2n) is 4.53. The molecular formula is C16H16N4OS2. The van der Waals surface area contributed by atoms with Gasteiger partial charge in [0.2, 0.25) is 10.3 Å². The van der Waals surface area contributed by atoms with Crippen molar-refractivity contribution in [3.63, 3.8) is 0 Å². The second-order valence-corrected chi connectivity index (χ2v) is 6.52. The van der Waals surface area contributed by atoms with E-state index in [4.69, 9.17) is 0 Å². The van der Waals surface area contributed by atoms with Gasteiger partial charge in [0.1, 0.15) is 11.6 Å². The molecule has 5 nitrogen and oxygen atoms in total. The molecule has 118 valence electrons. The van der Waals surface area contributed by atoms with Crippen LogP contribution in [0.5, 0.6) is 0 Å². The summed E-state index contributed by atoms with van der Waals surface area (Å²) in [5.74, 6) is 0.387. The number of carbonyl (C=O) groups excluding carboxylic acids is 1. The van der Waals surface area contributed by atoms with Gasteiger partial charge < -0.3 is 0 Å². The Morgan fingerprint density at radius 1 is 1.39 bits per heavy atom. The number of aromatic nitrogens is 2. The van der Waals surface area contributed by atoms with Crippen LogP contribution in [0.3, 0.4) is 0 Å². The summed E-state index contributed by atoms with van der Waals surface area (Å²) in [4.78, 5) is 16.4. The third-order valence-corrected chi connectivity index (χ3v) is 4.44. The highest BCUT2D eigenvalue weighted by molar-refractivity contribution is 7.99. The third-order valence-electron chi connectivity index (χ3n) is 2.97. The molecule has 0 saturated heterocycles. The molecule has 23 heavy (non-hydrogen) atoms. The molecule has 1 heterocycles. The number of carbonyl (C=O) groups is 1. The number of nitrogens with one attached hydrogen (secondary N) is 1. The van der Waals surface area contributed by atoms with Gasteiger partial charge >= 0.3 is 0 Å². The lowest BCUT2D eigenvalue weighted by Crippen LogP contribution is -2.13. The molecule has 0 atom stereocenters. The van der Waals surface area contributed by atoms with Gasteiger partial charge in [-0.1, -0.05) is 49.9 Å². The first-order chi connectivity index (χ1) is 11.2. The molecular weight excluding hydrogens is 328 g/mol. The molecule has 0 aliphatic carbocycles. The Labute approximate surface area is 143 Å². The van der Waals surface area contributed by atoms with Crippen LogP contribution >= 0.6 is 23.3 Å². The predicted octanol–water partition coefficient (Wildman–Crippen LogP) is 3.76. The van der Waals surface area contributed by atoms with Gasteiger partial charge in [-0.25, -0.2) is 0 Å². The van der Waals surface area contributed by atoms with Gasteiger partial charge in [-0.15, -0.1) is 0 Å². The summed E-state index contributed by atoms with van der Waals surface area (Å²) in [6.07, 6.45) is 2.52. The van der Waals surface area contributed by atoms with Crippen molar-refractivity contribution < 1.29 is 4.79 Å². The van der Waals surface area contributed by atoms with Crippen molar-refractivity contribution in [1.82, 2.24) is 9.36 Å². The predicted molar refractivity (Wildman–Crippen MR) is 94.3 cm³/mol. The van der Waals surface area contributed by atoms with Crippen molar-refractivity contribution in [3.05, 3.63) is 41.0 Å². The topological polar surface area (TPSA) is 78.7 Å². The molecule has 0 aliphatic rings. The highest BCUT2D eigenvalue weighted by Gasteiger charge is 2.12. The molecule has 0 spiro atoms. The minimum Gasteiger partial charge on any atom is -0.296 e. The summed E-state index contributed by atoms with van der Waals surface area (Å²) in [5, 5.41) is 12.9. The Hall–Kier alpha value is -2.17. The summed E-state index contributed by atoms with van der Waals surface area (Å²) < 4.78 is 4.12. The van der Waals surface area contributed by atoms with E-state index in [1.165, 1.54) is 17.3 Å². The summed E-state index contributed by atoms with van der Waals surface area (Å²) in [6.45, 7) is 4.08. The molecule has 7 heteroatoms. The van der Waals surface area contributed by atoms with Gasteiger partial charge in [-0.3, -0.25) is 10.1 Å². The van der Waals surface area contributed by atoms with Crippen LogP contribution < -0.4 is 5.32 Å². The van der Waals surface area contributed by atoms with E-state index in [1.54, 1.807) is 6.08 Å². The highest BCUT2D eigenvalue weighted by Crippen LogP contribution is 2.20. The van der Waals surface area contributed by atoms with Crippen LogP contribution in [0.25, 0.3) is 6.08 Å². The fourth-order valence-electron chi connectivity index (χ4n) is 1.78. The summed E-state index contributed by atoms with van der Waals surface area (Å²) in [7, 11) is 0. The number of amides is 1. The van der Waals surface area contributed by atoms with E-state index in [1.807, 2.05) is 37.3 Å². The summed E-state index contributed by atoms with van der Waals surface area (Å²) >= 11 is 2.61. The maximum Gasteiger partial charge on any atom is 0.268 e. The van der Waals surface area contributed by atoms with Gasteiger partial charge in [-0.05, 0) is 29.4 Å². The zero-order chi connectivity index (χ0) is 16.7. The zero-order valence-corrected chi connectivity index (χ0v) is 14.5. The minimum absolute atomic E-state index is 0.0362. The number of anilines is 1. The van der Waals surface area contributed by atoms with Crippen molar-refractivity contribution in [1.29, 1.82) is 5.26 Å². The Kier molecular flexibility index (Phi) is 6.32. The second kappa shape index (κ2) is 8.46. The average Bonchev–Trinajstić information content (AvgIpc) is 3.00. The molecule has 0 radical (unpaired) electrons. The number of nitriles is 1. The van der Waals surface area contributed by atoms with Crippen LogP contribution in [0.2, 0.25) is 0 Å². The van der Waals surface area contributed by atoms with E-state index in [9.17, 15) is 10.1 Å². The molecule has 0 bridgehead atoms. The molecule has 0 fully saturated rings. The monoisotopic (exact) mass is 344 g/mol. The minimum atomic E-state index is -0.476. The molecule has 1 N–H and O–H groups in total. The lowest BCUT2D eigenvalue weighted by Gasteiger charge is -2.01. The molecule has 0 aliphatic heterocycles. The summed E-state index contributed by atoms with van der Waals surface area (Å²) in [5.41, 5.74) is 2.06. The quantitative estimate of drug-likeness (QED) is 0.490. The number of benzene rings is 1. The number of rotatable bonds is 6. The standard InChI is InChI=1S/C16H16N4OS2/c1-3-11-5-7-12(8-6-11)9-13(10-17)14(21)18-15-19-16(20-23-15)22-4-2/h5-9H,3-4H2,1-2H3,(H,18,19,20,21)/b13-9-. The largest absolute Gasteiger partial charge is 0.296 e. The summed E-state index contributed by atoms with van der Waals surface area (Å²) in [6, 6.07) is 9.69. The lowest BCUT2D eigenvalue weighted by atomic mass is 10.1. The Morgan fingerprint density at radius 2 is 2.13 bits per heavy atom. The van der Waals surface area contributed by atoms with Crippen LogP contribution in [-0.2, 0) is 11.2 Å². The number of hydrogen-bond acceptors (Lipinski definition) is 6. The van der Waals surface area contributed by atoms with Crippen LogP contribution in [0, 0.1) is 11.3 Å².